The quantitative estimate of drug-likeness (QED) is 0.384. The highest BCUT2D eigenvalue weighted by Crippen LogP contribution is 2.21. The topological polar surface area (TPSA) is 127 Å². The Kier molecular flexibility index (Phi) is 4.39. The number of aromatic nitrogens is 2. The standard InChI is InChI=1S/C9H9N3O4S/c1-17-9-11-3-4(6(12-9)8(15)16)7(14)5(13)2-10/h3,5,7,13-14H,1H3,(H,15,16). The molecule has 1 rings (SSSR count). The second-order valence-corrected chi connectivity index (χ2v) is 3.76. The fourth-order valence-electron chi connectivity index (χ4n) is 1.10. The number of carboxylic acids is 1. The number of nitrogens with zero attached hydrogens (tertiary/aromatic N) is 3. The Bertz CT molecular complexity index is 474. The second kappa shape index (κ2) is 5.58. The van der Waals surface area contributed by atoms with Gasteiger partial charge in [-0.15, -0.1) is 0 Å². The van der Waals surface area contributed by atoms with Crippen molar-refractivity contribution in [1.29, 1.82) is 5.26 Å². The number of carboxylic acid groups (broad SMARTS) is 1. The van der Waals surface area contributed by atoms with Gasteiger partial charge >= 0.3 is 5.97 Å². The minimum atomic E-state index is -1.73. The average molecular weight is 255 g/mol. The van der Waals surface area contributed by atoms with Gasteiger partial charge in [-0.3, -0.25) is 0 Å². The highest BCUT2D eigenvalue weighted by atomic mass is 32.2. The Morgan fingerprint density at radius 2 is 2.24 bits per heavy atom. The molecule has 0 saturated heterocycles. The Morgan fingerprint density at radius 1 is 1.59 bits per heavy atom. The molecular formula is C9H9N3O4S. The summed E-state index contributed by atoms with van der Waals surface area (Å²) in [5.41, 5.74) is -0.615. The summed E-state index contributed by atoms with van der Waals surface area (Å²) in [4.78, 5) is 18.4. The van der Waals surface area contributed by atoms with Crippen LogP contribution in [0.1, 0.15) is 22.2 Å². The third-order valence-electron chi connectivity index (χ3n) is 1.93. The normalized spacial score (nSPS) is 13.8. The van der Waals surface area contributed by atoms with Gasteiger partial charge in [0.2, 0.25) is 0 Å². The highest BCUT2D eigenvalue weighted by molar-refractivity contribution is 7.98. The molecule has 0 radical (unpaired) electrons. The molecule has 1 aromatic heterocycles. The van der Waals surface area contributed by atoms with Gasteiger partial charge in [-0.1, -0.05) is 11.8 Å². The van der Waals surface area contributed by atoms with E-state index >= 15 is 0 Å². The summed E-state index contributed by atoms with van der Waals surface area (Å²) in [6.45, 7) is 0. The van der Waals surface area contributed by atoms with Crippen molar-refractivity contribution in [2.45, 2.75) is 17.4 Å². The first kappa shape index (κ1) is 13.4. The number of carbonyl (C=O) groups is 1. The zero-order valence-electron chi connectivity index (χ0n) is 8.73. The summed E-state index contributed by atoms with van der Waals surface area (Å²) in [5.74, 6) is -1.36. The van der Waals surface area contributed by atoms with E-state index in [1.54, 1.807) is 6.26 Å². The molecule has 0 saturated carbocycles. The second-order valence-electron chi connectivity index (χ2n) is 2.98. The van der Waals surface area contributed by atoms with Crippen LogP contribution in [-0.4, -0.2) is 43.6 Å². The van der Waals surface area contributed by atoms with Crippen molar-refractivity contribution in [2.75, 3.05) is 6.26 Å². The van der Waals surface area contributed by atoms with Crippen LogP contribution in [0.4, 0.5) is 0 Å². The van der Waals surface area contributed by atoms with Gasteiger partial charge in [0, 0.05) is 11.8 Å². The van der Waals surface area contributed by atoms with Crippen LogP contribution in [0.5, 0.6) is 0 Å². The van der Waals surface area contributed by atoms with E-state index in [2.05, 4.69) is 9.97 Å². The van der Waals surface area contributed by atoms with Crippen molar-refractivity contribution in [2.24, 2.45) is 0 Å². The summed E-state index contributed by atoms with van der Waals surface area (Å²) in [6, 6.07) is 1.41. The molecule has 0 spiro atoms. The fraction of sp³-hybridized carbons (Fsp3) is 0.333. The lowest BCUT2D eigenvalue weighted by atomic mass is 10.1. The van der Waals surface area contributed by atoms with Gasteiger partial charge in [0.05, 0.1) is 6.07 Å². The van der Waals surface area contributed by atoms with E-state index in [1.165, 1.54) is 6.07 Å². The van der Waals surface area contributed by atoms with Crippen LogP contribution >= 0.6 is 11.8 Å². The van der Waals surface area contributed by atoms with Crippen LogP contribution in [0.15, 0.2) is 11.4 Å². The molecule has 0 aromatic carbocycles. The van der Waals surface area contributed by atoms with Crippen LogP contribution in [0.3, 0.4) is 0 Å². The number of hydrogen-bond acceptors (Lipinski definition) is 7. The highest BCUT2D eigenvalue weighted by Gasteiger charge is 2.25. The monoisotopic (exact) mass is 255 g/mol. The van der Waals surface area contributed by atoms with Gasteiger partial charge in [-0.2, -0.15) is 5.26 Å². The minimum absolute atomic E-state index is 0.190. The Labute approximate surface area is 101 Å². The fourth-order valence-corrected chi connectivity index (χ4v) is 1.44. The predicted molar refractivity (Wildman–Crippen MR) is 57.4 cm³/mol. The van der Waals surface area contributed by atoms with Gasteiger partial charge in [-0.05, 0) is 6.26 Å². The number of aliphatic hydroxyl groups excluding tert-OH is 2. The zero-order valence-corrected chi connectivity index (χ0v) is 9.55. The van der Waals surface area contributed by atoms with Gasteiger partial charge in [-0.25, -0.2) is 14.8 Å². The van der Waals surface area contributed by atoms with Crippen LogP contribution in [0.25, 0.3) is 0 Å². The molecule has 3 N–H and O–H groups in total. The average Bonchev–Trinajstić information content (AvgIpc) is 2.35. The molecule has 1 heterocycles. The van der Waals surface area contributed by atoms with E-state index < -0.39 is 23.9 Å². The van der Waals surface area contributed by atoms with Gasteiger partial charge in [0.25, 0.3) is 0 Å². The first-order valence-electron chi connectivity index (χ1n) is 4.41. The van der Waals surface area contributed by atoms with E-state index in [-0.39, 0.29) is 10.7 Å². The molecule has 0 fully saturated rings. The van der Waals surface area contributed by atoms with Crippen molar-refractivity contribution >= 4 is 17.7 Å². The summed E-state index contributed by atoms with van der Waals surface area (Å²) >= 11 is 1.14. The molecule has 0 aliphatic heterocycles. The predicted octanol–water partition coefficient (Wildman–Crippen LogP) is -0.185. The van der Waals surface area contributed by atoms with E-state index in [0.29, 0.717) is 0 Å². The molecule has 17 heavy (non-hydrogen) atoms. The molecule has 2 unspecified atom stereocenters. The van der Waals surface area contributed by atoms with Crippen LogP contribution in [0, 0.1) is 11.3 Å². The summed E-state index contributed by atoms with van der Waals surface area (Å²) < 4.78 is 0. The van der Waals surface area contributed by atoms with E-state index in [0.717, 1.165) is 18.0 Å². The van der Waals surface area contributed by atoms with Gasteiger partial charge < -0.3 is 15.3 Å². The van der Waals surface area contributed by atoms with Crippen LogP contribution < -0.4 is 0 Å². The van der Waals surface area contributed by atoms with Gasteiger partial charge in [0.15, 0.2) is 17.0 Å². The van der Waals surface area contributed by atoms with Crippen molar-refractivity contribution in [3.63, 3.8) is 0 Å². The molecule has 0 amide bonds. The SMILES string of the molecule is CSc1ncc(C(O)C(O)C#N)c(C(=O)O)n1. The summed E-state index contributed by atoms with van der Waals surface area (Å²) in [7, 11) is 0. The van der Waals surface area contributed by atoms with Crippen molar-refractivity contribution in [3.8, 4) is 6.07 Å². The lowest BCUT2D eigenvalue weighted by Crippen LogP contribution is -2.20. The number of nitriles is 1. The maximum Gasteiger partial charge on any atom is 0.355 e. The maximum absolute atomic E-state index is 10.9. The van der Waals surface area contributed by atoms with E-state index in [1.807, 2.05) is 0 Å². The number of hydrogen-bond donors (Lipinski definition) is 3. The number of rotatable bonds is 4. The molecule has 90 valence electrons. The lowest BCUT2D eigenvalue weighted by Gasteiger charge is -2.13. The molecular weight excluding hydrogens is 246 g/mol. The van der Waals surface area contributed by atoms with E-state index in [9.17, 15) is 9.90 Å². The molecule has 1 aromatic rings. The maximum atomic E-state index is 10.9. The third kappa shape index (κ3) is 2.91. The third-order valence-corrected chi connectivity index (χ3v) is 2.49. The first-order chi connectivity index (χ1) is 8.01. The minimum Gasteiger partial charge on any atom is -0.476 e. The van der Waals surface area contributed by atoms with Crippen molar-refractivity contribution in [3.05, 3.63) is 17.5 Å². The Balaban J connectivity index is 3.24. The molecule has 8 heteroatoms. The Hall–Kier alpha value is -1.69. The smallest absolute Gasteiger partial charge is 0.355 e. The molecule has 7 nitrogen and oxygen atoms in total. The first-order valence-corrected chi connectivity index (χ1v) is 5.63. The largest absolute Gasteiger partial charge is 0.476 e. The number of aromatic carboxylic acids is 1. The number of thioether (sulfide) groups is 1. The van der Waals surface area contributed by atoms with Crippen molar-refractivity contribution in [1.82, 2.24) is 9.97 Å². The van der Waals surface area contributed by atoms with Gasteiger partial charge in [0.1, 0.15) is 6.10 Å². The van der Waals surface area contributed by atoms with E-state index in [4.69, 9.17) is 15.5 Å². The molecule has 0 aliphatic rings. The van der Waals surface area contributed by atoms with Crippen molar-refractivity contribution < 1.29 is 20.1 Å². The lowest BCUT2D eigenvalue weighted by molar-refractivity contribution is 0.0488. The molecule has 0 bridgehead atoms. The molecule has 0 aliphatic carbocycles. The molecule has 2 atom stereocenters. The van der Waals surface area contributed by atoms with Crippen LogP contribution in [-0.2, 0) is 0 Å². The number of aliphatic hydroxyl groups is 2. The Morgan fingerprint density at radius 3 is 2.71 bits per heavy atom. The summed E-state index contributed by atoms with van der Waals surface area (Å²) in [6.07, 6.45) is -0.617. The summed E-state index contributed by atoms with van der Waals surface area (Å²) in [5, 5.41) is 36.3. The van der Waals surface area contributed by atoms with Crippen LogP contribution in [0.2, 0.25) is 0 Å². The zero-order chi connectivity index (χ0) is 13.0.